The summed E-state index contributed by atoms with van der Waals surface area (Å²) >= 11 is 0. The van der Waals surface area contributed by atoms with E-state index >= 15 is 0 Å². The van der Waals surface area contributed by atoms with Crippen LogP contribution in [0.4, 0.5) is 5.69 Å². The Bertz CT molecular complexity index is 560. The van der Waals surface area contributed by atoms with Crippen LogP contribution in [0, 0.1) is 5.41 Å². The maximum Gasteiger partial charge on any atom is 0.239 e. The summed E-state index contributed by atoms with van der Waals surface area (Å²) < 4.78 is 0. The smallest absolute Gasteiger partial charge is 0.239 e. The van der Waals surface area contributed by atoms with Crippen molar-refractivity contribution < 1.29 is 9.59 Å². The number of aryl methyl sites for hydroxylation is 1. The summed E-state index contributed by atoms with van der Waals surface area (Å²) in [5, 5.41) is 5.97. The predicted octanol–water partition coefficient (Wildman–Crippen LogP) is 3.66. The molecule has 0 atom stereocenters. The molecule has 1 aromatic carbocycles. The fraction of sp³-hybridized carbons (Fsp3) is 0.579. The Morgan fingerprint density at radius 3 is 2.39 bits per heavy atom. The van der Waals surface area contributed by atoms with Gasteiger partial charge in [0.15, 0.2) is 0 Å². The largest absolute Gasteiger partial charge is 0.352 e. The molecular formula is C19H28N2O2. The Labute approximate surface area is 139 Å². The van der Waals surface area contributed by atoms with E-state index in [-0.39, 0.29) is 17.9 Å². The molecule has 0 aliphatic heterocycles. The highest BCUT2D eigenvalue weighted by Crippen LogP contribution is 2.24. The number of anilines is 1. The fourth-order valence-electron chi connectivity index (χ4n) is 2.94. The first-order chi connectivity index (χ1) is 10.9. The number of carbonyl (C=O) groups excluding carboxylic acids is 2. The summed E-state index contributed by atoms with van der Waals surface area (Å²) in [6.45, 7) is 5.43. The maximum atomic E-state index is 12.6. The number of carbonyl (C=O) groups is 2. The molecular weight excluding hydrogens is 288 g/mol. The fourth-order valence-corrected chi connectivity index (χ4v) is 2.94. The van der Waals surface area contributed by atoms with Gasteiger partial charge in [-0.1, -0.05) is 44.4 Å². The van der Waals surface area contributed by atoms with Crippen LogP contribution in [0.15, 0.2) is 24.3 Å². The van der Waals surface area contributed by atoms with Crippen molar-refractivity contribution in [1.29, 1.82) is 0 Å². The monoisotopic (exact) mass is 316 g/mol. The summed E-state index contributed by atoms with van der Waals surface area (Å²) in [6.07, 6.45) is 6.42. The first-order valence-corrected chi connectivity index (χ1v) is 8.65. The molecule has 4 nitrogen and oxygen atoms in total. The summed E-state index contributed by atoms with van der Waals surface area (Å²) in [4.78, 5) is 25.2. The minimum Gasteiger partial charge on any atom is -0.352 e. The Balaban J connectivity index is 2.02. The third-order valence-corrected chi connectivity index (χ3v) is 4.72. The van der Waals surface area contributed by atoms with Crippen molar-refractivity contribution in [1.82, 2.24) is 5.32 Å². The lowest BCUT2D eigenvalue weighted by Crippen LogP contribution is -2.49. The molecule has 1 saturated carbocycles. The van der Waals surface area contributed by atoms with E-state index in [4.69, 9.17) is 0 Å². The van der Waals surface area contributed by atoms with Gasteiger partial charge in [0, 0.05) is 11.7 Å². The van der Waals surface area contributed by atoms with E-state index in [2.05, 4.69) is 10.6 Å². The number of hydrogen-bond acceptors (Lipinski definition) is 2. The Morgan fingerprint density at radius 1 is 1.09 bits per heavy atom. The summed E-state index contributed by atoms with van der Waals surface area (Å²) in [7, 11) is 0. The van der Waals surface area contributed by atoms with Gasteiger partial charge >= 0.3 is 0 Å². The van der Waals surface area contributed by atoms with Crippen molar-refractivity contribution in [2.24, 2.45) is 5.41 Å². The molecule has 4 heteroatoms. The van der Waals surface area contributed by atoms with Gasteiger partial charge in [-0.2, -0.15) is 0 Å². The van der Waals surface area contributed by atoms with Gasteiger partial charge in [0.1, 0.15) is 5.41 Å². The predicted molar refractivity (Wildman–Crippen MR) is 93.2 cm³/mol. The molecule has 0 unspecified atom stereocenters. The van der Waals surface area contributed by atoms with Gasteiger partial charge in [-0.3, -0.25) is 9.59 Å². The van der Waals surface area contributed by atoms with Crippen LogP contribution in [0.1, 0.15) is 58.4 Å². The number of rotatable bonds is 5. The summed E-state index contributed by atoms with van der Waals surface area (Å²) in [6, 6.07) is 7.93. The second kappa shape index (κ2) is 7.62. The van der Waals surface area contributed by atoms with Crippen LogP contribution in [0.5, 0.6) is 0 Å². The van der Waals surface area contributed by atoms with E-state index < -0.39 is 5.41 Å². The molecule has 0 saturated heterocycles. The number of para-hydroxylation sites is 1. The van der Waals surface area contributed by atoms with Gasteiger partial charge in [0.05, 0.1) is 0 Å². The summed E-state index contributed by atoms with van der Waals surface area (Å²) in [5.41, 5.74) is 0.779. The van der Waals surface area contributed by atoms with Crippen LogP contribution in [-0.4, -0.2) is 17.9 Å². The SMILES string of the molecule is CCc1ccccc1NC(=O)C(C)(C)C(=O)NC1CCCCC1. The second-order valence-corrected chi connectivity index (χ2v) is 6.90. The molecule has 126 valence electrons. The Kier molecular flexibility index (Phi) is 5.80. The third kappa shape index (κ3) is 4.34. The lowest BCUT2D eigenvalue weighted by atomic mass is 9.88. The van der Waals surface area contributed by atoms with E-state index in [1.54, 1.807) is 13.8 Å². The average Bonchev–Trinajstić information content (AvgIpc) is 2.56. The van der Waals surface area contributed by atoms with Crippen LogP contribution in [-0.2, 0) is 16.0 Å². The lowest BCUT2D eigenvalue weighted by molar-refractivity contribution is -0.139. The molecule has 1 aromatic rings. The van der Waals surface area contributed by atoms with Crippen molar-refractivity contribution in [2.45, 2.75) is 65.3 Å². The van der Waals surface area contributed by atoms with E-state index in [1.165, 1.54) is 6.42 Å². The van der Waals surface area contributed by atoms with Gasteiger partial charge in [-0.15, -0.1) is 0 Å². The molecule has 1 aliphatic carbocycles. The molecule has 0 radical (unpaired) electrons. The van der Waals surface area contributed by atoms with E-state index in [0.29, 0.717) is 0 Å². The topological polar surface area (TPSA) is 58.2 Å². The van der Waals surface area contributed by atoms with Crippen molar-refractivity contribution in [3.05, 3.63) is 29.8 Å². The zero-order chi connectivity index (χ0) is 16.9. The van der Waals surface area contributed by atoms with Crippen molar-refractivity contribution >= 4 is 17.5 Å². The van der Waals surface area contributed by atoms with E-state index in [1.807, 2.05) is 31.2 Å². The number of amides is 2. The zero-order valence-electron chi connectivity index (χ0n) is 14.4. The number of hydrogen-bond donors (Lipinski definition) is 2. The highest BCUT2D eigenvalue weighted by atomic mass is 16.2. The van der Waals surface area contributed by atoms with Gasteiger partial charge in [-0.25, -0.2) is 0 Å². The molecule has 0 aromatic heterocycles. The van der Waals surface area contributed by atoms with Gasteiger partial charge in [0.25, 0.3) is 0 Å². The van der Waals surface area contributed by atoms with E-state index in [9.17, 15) is 9.59 Å². The van der Waals surface area contributed by atoms with Gasteiger partial charge in [0.2, 0.25) is 11.8 Å². The Morgan fingerprint density at radius 2 is 1.74 bits per heavy atom. The van der Waals surface area contributed by atoms with E-state index in [0.717, 1.165) is 43.4 Å². The number of nitrogens with one attached hydrogen (secondary N) is 2. The highest BCUT2D eigenvalue weighted by Gasteiger charge is 2.37. The van der Waals surface area contributed by atoms with Crippen LogP contribution in [0.25, 0.3) is 0 Å². The Hall–Kier alpha value is -1.84. The second-order valence-electron chi connectivity index (χ2n) is 6.90. The molecule has 0 heterocycles. The minimum absolute atomic E-state index is 0.184. The maximum absolute atomic E-state index is 12.6. The van der Waals surface area contributed by atoms with Crippen LogP contribution >= 0.6 is 0 Å². The van der Waals surface area contributed by atoms with Gasteiger partial charge < -0.3 is 10.6 Å². The van der Waals surface area contributed by atoms with Gasteiger partial charge in [-0.05, 0) is 44.7 Å². The molecule has 1 aliphatic rings. The molecule has 2 N–H and O–H groups in total. The van der Waals surface area contributed by atoms with Crippen LogP contribution in [0.3, 0.4) is 0 Å². The normalized spacial score (nSPS) is 16.0. The standard InChI is InChI=1S/C19H28N2O2/c1-4-14-10-8-9-13-16(14)21-18(23)19(2,3)17(22)20-15-11-6-5-7-12-15/h8-10,13,15H,4-7,11-12H2,1-3H3,(H,20,22)(H,21,23). The molecule has 1 fully saturated rings. The zero-order valence-corrected chi connectivity index (χ0v) is 14.4. The quantitative estimate of drug-likeness (QED) is 0.814. The highest BCUT2D eigenvalue weighted by molar-refractivity contribution is 6.10. The molecule has 0 bridgehead atoms. The minimum atomic E-state index is -1.09. The average molecular weight is 316 g/mol. The van der Waals surface area contributed by atoms with Crippen molar-refractivity contribution in [3.63, 3.8) is 0 Å². The van der Waals surface area contributed by atoms with Crippen molar-refractivity contribution in [3.8, 4) is 0 Å². The molecule has 2 rings (SSSR count). The summed E-state index contributed by atoms with van der Waals surface area (Å²) in [5.74, 6) is -0.442. The molecule has 2 amide bonds. The number of benzene rings is 1. The first-order valence-electron chi connectivity index (χ1n) is 8.65. The van der Waals surface area contributed by atoms with Crippen LogP contribution < -0.4 is 10.6 Å². The molecule has 0 spiro atoms. The van der Waals surface area contributed by atoms with Crippen LogP contribution in [0.2, 0.25) is 0 Å². The van der Waals surface area contributed by atoms with Crippen molar-refractivity contribution in [2.75, 3.05) is 5.32 Å². The molecule has 23 heavy (non-hydrogen) atoms. The third-order valence-electron chi connectivity index (χ3n) is 4.72. The lowest BCUT2D eigenvalue weighted by Gasteiger charge is -2.28. The first kappa shape index (κ1) is 17.5.